The number of amides is 1. The van der Waals surface area contributed by atoms with Gasteiger partial charge in [-0.25, -0.2) is 9.18 Å². The lowest BCUT2D eigenvalue weighted by Gasteiger charge is -2.33. The Kier molecular flexibility index (Phi) is 5.36. The van der Waals surface area contributed by atoms with Gasteiger partial charge in [-0.3, -0.25) is 0 Å². The number of hydrogen-bond donors (Lipinski definition) is 1. The Morgan fingerprint density at radius 2 is 2.05 bits per heavy atom. The molecule has 112 valence electrons. The third kappa shape index (κ3) is 4.40. The third-order valence-electron chi connectivity index (χ3n) is 2.96. The highest BCUT2D eigenvalue weighted by atomic mass is 19.1. The molecule has 0 saturated carbocycles. The highest BCUT2D eigenvalue weighted by Crippen LogP contribution is 2.20. The average Bonchev–Trinajstić information content (AvgIpc) is 2.30. The van der Waals surface area contributed by atoms with E-state index in [0.29, 0.717) is 19.6 Å². The second-order valence-electron chi connectivity index (χ2n) is 5.55. The number of halogens is 1. The maximum absolute atomic E-state index is 13.7. The average molecular weight is 283 g/mol. The first-order valence-electron chi connectivity index (χ1n) is 6.67. The van der Waals surface area contributed by atoms with E-state index in [2.05, 4.69) is 0 Å². The van der Waals surface area contributed by atoms with Crippen LogP contribution in [0.15, 0.2) is 18.2 Å². The zero-order chi connectivity index (χ0) is 15.3. The number of benzene rings is 1. The van der Waals surface area contributed by atoms with Gasteiger partial charge in [0.05, 0.1) is 6.61 Å². The normalized spacial score (nSPS) is 11.2. The van der Waals surface area contributed by atoms with Crippen LogP contribution in [0.4, 0.5) is 9.18 Å². The molecular weight excluding hydrogens is 261 g/mol. The fourth-order valence-electron chi connectivity index (χ4n) is 1.93. The summed E-state index contributed by atoms with van der Waals surface area (Å²) in [5, 5.41) is 9.19. The van der Waals surface area contributed by atoms with Gasteiger partial charge in [0.15, 0.2) is 11.6 Å². The molecule has 0 heterocycles. The zero-order valence-corrected chi connectivity index (χ0v) is 12.4. The summed E-state index contributed by atoms with van der Waals surface area (Å²) in [5.74, 6) is -0.191. The second kappa shape index (κ2) is 6.59. The van der Waals surface area contributed by atoms with E-state index in [1.807, 2.05) is 20.8 Å². The molecule has 0 atom stereocenters. The lowest BCUT2D eigenvalue weighted by molar-refractivity contribution is 0.101. The predicted molar refractivity (Wildman–Crippen MR) is 75.8 cm³/mol. The molecule has 1 aromatic carbocycles. The van der Waals surface area contributed by atoms with Gasteiger partial charge in [-0.15, -0.1) is 0 Å². The number of ether oxygens (including phenoxy) is 1. The van der Waals surface area contributed by atoms with Crippen LogP contribution in [0.3, 0.4) is 0 Å². The second-order valence-corrected chi connectivity index (χ2v) is 5.55. The topological polar surface area (TPSA) is 49.8 Å². The first-order chi connectivity index (χ1) is 9.25. The molecule has 1 aromatic rings. The van der Waals surface area contributed by atoms with Gasteiger partial charge in [-0.05, 0) is 51.8 Å². The zero-order valence-electron chi connectivity index (χ0n) is 12.4. The van der Waals surface area contributed by atoms with E-state index in [-0.39, 0.29) is 5.75 Å². The Hall–Kier alpha value is -1.78. The Labute approximate surface area is 119 Å². The van der Waals surface area contributed by atoms with E-state index >= 15 is 0 Å². The fraction of sp³-hybridized carbons (Fsp3) is 0.533. The first-order valence-corrected chi connectivity index (χ1v) is 6.67. The van der Waals surface area contributed by atoms with E-state index < -0.39 is 17.4 Å². The van der Waals surface area contributed by atoms with Gasteiger partial charge in [0, 0.05) is 12.1 Å². The van der Waals surface area contributed by atoms with Crippen molar-refractivity contribution in [2.24, 2.45) is 0 Å². The van der Waals surface area contributed by atoms with Crippen LogP contribution in [-0.4, -0.2) is 34.8 Å². The van der Waals surface area contributed by atoms with Crippen LogP contribution >= 0.6 is 0 Å². The Bertz CT molecular complexity index is 469. The van der Waals surface area contributed by atoms with Crippen LogP contribution in [0.5, 0.6) is 5.75 Å². The van der Waals surface area contributed by atoms with Gasteiger partial charge in [0.25, 0.3) is 0 Å². The van der Waals surface area contributed by atoms with Crippen LogP contribution in [0, 0.1) is 5.82 Å². The Balaban J connectivity index is 2.74. The van der Waals surface area contributed by atoms with Crippen molar-refractivity contribution in [2.75, 3.05) is 13.2 Å². The molecule has 0 aromatic heterocycles. The van der Waals surface area contributed by atoms with Crippen LogP contribution in [0.1, 0.15) is 33.3 Å². The van der Waals surface area contributed by atoms with E-state index in [1.165, 1.54) is 11.0 Å². The Morgan fingerprint density at radius 1 is 1.40 bits per heavy atom. The summed E-state index contributed by atoms with van der Waals surface area (Å²) in [6, 6.07) is 4.74. The molecule has 0 aliphatic rings. The lowest BCUT2D eigenvalue weighted by Crippen LogP contribution is -2.45. The molecule has 0 spiro atoms. The van der Waals surface area contributed by atoms with Crippen LogP contribution in [-0.2, 0) is 6.42 Å². The summed E-state index contributed by atoms with van der Waals surface area (Å²) in [6.07, 6.45) is -0.503. The van der Waals surface area contributed by atoms with Gasteiger partial charge in [0.2, 0.25) is 0 Å². The number of carbonyl (C=O) groups is 1. The quantitative estimate of drug-likeness (QED) is 0.899. The van der Waals surface area contributed by atoms with Crippen LogP contribution in [0.25, 0.3) is 0 Å². The minimum absolute atomic E-state index is 0.224. The van der Waals surface area contributed by atoms with Gasteiger partial charge >= 0.3 is 6.09 Å². The van der Waals surface area contributed by atoms with Crippen molar-refractivity contribution in [3.63, 3.8) is 0 Å². The van der Waals surface area contributed by atoms with Gasteiger partial charge in [-0.2, -0.15) is 0 Å². The van der Waals surface area contributed by atoms with Gasteiger partial charge < -0.3 is 14.7 Å². The highest BCUT2D eigenvalue weighted by Gasteiger charge is 2.25. The van der Waals surface area contributed by atoms with Gasteiger partial charge in [-0.1, -0.05) is 6.07 Å². The summed E-state index contributed by atoms with van der Waals surface area (Å²) in [7, 11) is 0. The summed E-state index contributed by atoms with van der Waals surface area (Å²) >= 11 is 0. The van der Waals surface area contributed by atoms with Crippen molar-refractivity contribution in [1.82, 2.24) is 4.90 Å². The van der Waals surface area contributed by atoms with Crippen molar-refractivity contribution >= 4 is 6.09 Å². The summed E-state index contributed by atoms with van der Waals surface area (Å²) in [5.41, 5.74) is 0.275. The van der Waals surface area contributed by atoms with Crippen molar-refractivity contribution in [3.05, 3.63) is 29.6 Å². The smallest absolute Gasteiger partial charge is 0.407 e. The molecule has 0 fully saturated rings. The molecule has 4 nitrogen and oxygen atoms in total. The van der Waals surface area contributed by atoms with Crippen molar-refractivity contribution < 1.29 is 19.0 Å². The minimum Gasteiger partial charge on any atom is -0.491 e. The third-order valence-corrected chi connectivity index (χ3v) is 2.96. The van der Waals surface area contributed by atoms with Crippen molar-refractivity contribution in [1.29, 1.82) is 0 Å². The number of carboxylic acid groups (broad SMARTS) is 1. The Morgan fingerprint density at radius 3 is 2.50 bits per heavy atom. The molecule has 0 aliphatic heterocycles. The molecule has 1 N–H and O–H groups in total. The lowest BCUT2D eigenvalue weighted by atomic mass is 10.0. The summed E-state index contributed by atoms with van der Waals surface area (Å²) in [6.45, 7) is 8.03. The fourth-order valence-corrected chi connectivity index (χ4v) is 1.93. The van der Waals surface area contributed by atoms with E-state index in [1.54, 1.807) is 19.1 Å². The monoisotopic (exact) mass is 283 g/mol. The molecular formula is C15H22FNO3. The van der Waals surface area contributed by atoms with Crippen LogP contribution in [0.2, 0.25) is 0 Å². The standard InChI is InChI=1S/C15H22FNO3/c1-5-20-13-7-6-11(10-12(13)16)8-9-17(14(18)19)15(2,3)4/h6-7,10H,5,8-9H2,1-4H3,(H,18,19). The molecule has 0 unspecified atom stereocenters. The molecule has 1 rings (SSSR count). The largest absolute Gasteiger partial charge is 0.491 e. The number of rotatable bonds is 5. The molecule has 0 radical (unpaired) electrons. The molecule has 5 heteroatoms. The molecule has 0 bridgehead atoms. The van der Waals surface area contributed by atoms with Crippen LogP contribution < -0.4 is 4.74 Å². The molecule has 20 heavy (non-hydrogen) atoms. The maximum atomic E-state index is 13.7. The maximum Gasteiger partial charge on any atom is 0.407 e. The van der Waals surface area contributed by atoms with E-state index in [4.69, 9.17) is 4.74 Å². The highest BCUT2D eigenvalue weighted by molar-refractivity contribution is 5.66. The minimum atomic E-state index is -0.969. The SMILES string of the molecule is CCOc1ccc(CCN(C(=O)O)C(C)(C)C)cc1F. The van der Waals surface area contributed by atoms with Crippen molar-refractivity contribution in [3.8, 4) is 5.75 Å². The van der Waals surface area contributed by atoms with E-state index in [0.717, 1.165) is 5.56 Å². The van der Waals surface area contributed by atoms with E-state index in [9.17, 15) is 14.3 Å². The predicted octanol–water partition coefficient (Wildman–Crippen LogP) is 3.55. The summed E-state index contributed by atoms with van der Waals surface area (Å²) in [4.78, 5) is 12.6. The summed E-state index contributed by atoms with van der Waals surface area (Å²) < 4.78 is 18.8. The molecule has 0 saturated heterocycles. The number of nitrogens with zero attached hydrogens (tertiary/aromatic N) is 1. The van der Waals surface area contributed by atoms with Gasteiger partial charge in [0.1, 0.15) is 0 Å². The molecule has 1 amide bonds. The number of hydrogen-bond acceptors (Lipinski definition) is 2. The van der Waals surface area contributed by atoms with Crippen molar-refractivity contribution in [2.45, 2.75) is 39.7 Å². The first kappa shape index (κ1) is 16.3. The molecule has 0 aliphatic carbocycles.